The molecule has 1 aromatic carbocycles. The van der Waals surface area contributed by atoms with Gasteiger partial charge in [-0.2, -0.15) is 4.31 Å². The molecule has 0 N–H and O–H groups in total. The van der Waals surface area contributed by atoms with Crippen molar-refractivity contribution in [1.82, 2.24) is 9.21 Å². The lowest BCUT2D eigenvalue weighted by molar-refractivity contribution is -0.274. The highest BCUT2D eigenvalue weighted by atomic mass is 32.2. The highest BCUT2D eigenvalue weighted by molar-refractivity contribution is 7.89. The molecule has 3 aliphatic rings. The van der Waals surface area contributed by atoms with Gasteiger partial charge in [-0.25, -0.2) is 8.42 Å². The first kappa shape index (κ1) is 21.4. The summed E-state index contributed by atoms with van der Waals surface area (Å²) < 4.78 is 74.9. The van der Waals surface area contributed by atoms with E-state index in [9.17, 15) is 26.4 Å². The number of piperidine rings is 1. The summed E-state index contributed by atoms with van der Waals surface area (Å²) in [4.78, 5) is 13.6. The van der Waals surface area contributed by atoms with Crippen LogP contribution in [0.2, 0.25) is 0 Å². The summed E-state index contributed by atoms with van der Waals surface area (Å²) in [5, 5.41) is 0. The monoisotopic (exact) mass is 448 g/mol. The fourth-order valence-electron chi connectivity index (χ4n) is 5.10. The number of hydrogen-bond acceptors (Lipinski definition) is 5. The average Bonchev–Trinajstić information content (AvgIpc) is 2.92. The maximum atomic E-state index is 13.3. The van der Waals surface area contributed by atoms with Gasteiger partial charge in [-0.15, -0.1) is 13.2 Å². The molecule has 7 nitrogen and oxygen atoms in total. The van der Waals surface area contributed by atoms with E-state index in [1.54, 1.807) is 18.9 Å². The second-order valence-corrected chi connectivity index (χ2v) is 10.1. The van der Waals surface area contributed by atoms with Crippen LogP contribution in [0.5, 0.6) is 5.75 Å². The number of carbonyl (C=O) groups is 1. The van der Waals surface area contributed by atoms with Gasteiger partial charge in [0.05, 0.1) is 10.5 Å². The Balaban J connectivity index is 1.55. The SMILES string of the molecule is CC1OC2(CC3CCC(C2)N3S(=O)(=O)c2ccc(OC(F)(F)F)cc2)CN(C)C1=O. The molecular weight excluding hydrogens is 425 g/mol. The molecule has 3 saturated heterocycles. The van der Waals surface area contributed by atoms with E-state index in [-0.39, 0.29) is 22.9 Å². The molecule has 1 aromatic rings. The molecule has 166 valence electrons. The zero-order chi connectivity index (χ0) is 21.9. The number of carbonyl (C=O) groups excluding carboxylic acids is 1. The van der Waals surface area contributed by atoms with E-state index >= 15 is 0 Å². The second-order valence-electron chi connectivity index (χ2n) is 8.28. The zero-order valence-electron chi connectivity index (χ0n) is 16.6. The van der Waals surface area contributed by atoms with Crippen LogP contribution in [0.15, 0.2) is 29.2 Å². The Labute approximate surface area is 172 Å². The minimum Gasteiger partial charge on any atom is -0.406 e. The number of amides is 1. The van der Waals surface area contributed by atoms with E-state index in [1.807, 2.05) is 0 Å². The molecule has 1 amide bonds. The van der Waals surface area contributed by atoms with E-state index in [2.05, 4.69) is 4.74 Å². The second kappa shape index (κ2) is 7.10. The molecule has 0 aromatic heterocycles. The third kappa shape index (κ3) is 3.78. The fourth-order valence-corrected chi connectivity index (χ4v) is 6.97. The van der Waals surface area contributed by atoms with E-state index in [0.717, 1.165) is 24.3 Å². The van der Waals surface area contributed by atoms with Crippen molar-refractivity contribution in [3.05, 3.63) is 24.3 Å². The van der Waals surface area contributed by atoms with Crippen molar-refractivity contribution in [2.24, 2.45) is 0 Å². The lowest BCUT2D eigenvalue weighted by Gasteiger charge is -2.50. The number of alkyl halides is 3. The van der Waals surface area contributed by atoms with Crippen LogP contribution in [-0.2, 0) is 19.6 Å². The minimum atomic E-state index is -4.84. The number of fused-ring (bicyclic) bond motifs is 2. The third-order valence-corrected chi connectivity index (χ3v) is 8.10. The molecule has 3 heterocycles. The van der Waals surface area contributed by atoms with Gasteiger partial charge in [0.25, 0.3) is 5.91 Å². The molecule has 2 bridgehead atoms. The average molecular weight is 448 g/mol. The highest BCUT2D eigenvalue weighted by Gasteiger charge is 2.56. The fraction of sp³-hybridized carbons (Fsp3) is 0.632. The van der Waals surface area contributed by atoms with Crippen molar-refractivity contribution < 1.29 is 35.9 Å². The normalized spacial score (nSPS) is 32.6. The summed E-state index contributed by atoms with van der Waals surface area (Å²) in [6, 6.07) is 3.69. The van der Waals surface area contributed by atoms with Crippen molar-refractivity contribution in [2.75, 3.05) is 13.6 Å². The molecule has 3 atom stereocenters. The van der Waals surface area contributed by atoms with Gasteiger partial charge in [-0.1, -0.05) is 0 Å². The van der Waals surface area contributed by atoms with Crippen molar-refractivity contribution in [1.29, 1.82) is 0 Å². The first-order chi connectivity index (χ1) is 13.9. The van der Waals surface area contributed by atoms with Crippen molar-refractivity contribution in [2.45, 2.75) is 67.7 Å². The number of ether oxygens (including phenoxy) is 2. The van der Waals surface area contributed by atoms with Crippen LogP contribution in [0, 0.1) is 0 Å². The molecule has 11 heteroatoms. The maximum Gasteiger partial charge on any atom is 0.573 e. The van der Waals surface area contributed by atoms with Gasteiger partial charge in [-0.3, -0.25) is 4.79 Å². The van der Waals surface area contributed by atoms with Crippen LogP contribution in [0.25, 0.3) is 0 Å². The topological polar surface area (TPSA) is 76.2 Å². The molecule has 3 aliphatic heterocycles. The number of likely N-dealkylation sites (N-methyl/N-ethyl adjacent to an activating group) is 1. The van der Waals surface area contributed by atoms with Gasteiger partial charge < -0.3 is 14.4 Å². The number of sulfonamides is 1. The largest absolute Gasteiger partial charge is 0.573 e. The van der Waals surface area contributed by atoms with Gasteiger partial charge in [-0.05, 0) is 56.9 Å². The van der Waals surface area contributed by atoms with Crippen LogP contribution >= 0.6 is 0 Å². The van der Waals surface area contributed by atoms with E-state index < -0.39 is 33.8 Å². The molecule has 30 heavy (non-hydrogen) atoms. The van der Waals surface area contributed by atoms with Gasteiger partial charge in [0.15, 0.2) is 0 Å². The van der Waals surface area contributed by atoms with Crippen molar-refractivity contribution >= 4 is 15.9 Å². The van der Waals surface area contributed by atoms with E-state index in [1.165, 1.54) is 4.31 Å². The summed E-state index contributed by atoms with van der Waals surface area (Å²) in [5.41, 5.74) is -0.579. The molecule has 1 spiro atoms. The Hall–Kier alpha value is -1.85. The minimum absolute atomic E-state index is 0.0740. The number of benzene rings is 1. The first-order valence-electron chi connectivity index (χ1n) is 9.72. The Morgan fingerprint density at radius 2 is 1.70 bits per heavy atom. The van der Waals surface area contributed by atoms with Gasteiger partial charge in [0.1, 0.15) is 11.9 Å². The predicted octanol–water partition coefficient (Wildman–Crippen LogP) is 2.52. The van der Waals surface area contributed by atoms with Crippen molar-refractivity contribution in [3.63, 3.8) is 0 Å². The number of halogens is 3. The molecule has 0 aliphatic carbocycles. The summed E-state index contributed by atoms with van der Waals surface area (Å²) in [7, 11) is -2.17. The van der Waals surface area contributed by atoms with Crippen LogP contribution < -0.4 is 4.74 Å². The Morgan fingerprint density at radius 1 is 1.13 bits per heavy atom. The molecule has 3 unspecified atom stereocenters. The van der Waals surface area contributed by atoms with Crippen LogP contribution in [0.1, 0.15) is 32.6 Å². The van der Waals surface area contributed by atoms with Gasteiger partial charge >= 0.3 is 6.36 Å². The number of hydrogen-bond donors (Lipinski definition) is 0. The molecule has 0 radical (unpaired) electrons. The van der Waals surface area contributed by atoms with Gasteiger partial charge in [0.2, 0.25) is 10.0 Å². The Kier molecular flexibility index (Phi) is 5.06. The summed E-state index contributed by atoms with van der Waals surface area (Å²) in [5.74, 6) is -0.566. The molecular formula is C19H23F3N2O5S. The third-order valence-electron chi connectivity index (χ3n) is 6.08. The summed E-state index contributed by atoms with van der Waals surface area (Å²) in [6.07, 6.45) is -3.12. The predicted molar refractivity (Wildman–Crippen MR) is 99.1 cm³/mol. The summed E-state index contributed by atoms with van der Waals surface area (Å²) in [6.45, 7) is 2.12. The lowest BCUT2D eigenvalue weighted by Crippen LogP contribution is -2.63. The first-order valence-corrected chi connectivity index (χ1v) is 11.2. The van der Waals surface area contributed by atoms with Crippen LogP contribution in [0.4, 0.5) is 13.2 Å². The van der Waals surface area contributed by atoms with Gasteiger partial charge in [0, 0.05) is 25.7 Å². The number of nitrogens with zero attached hydrogens (tertiary/aromatic N) is 2. The highest BCUT2D eigenvalue weighted by Crippen LogP contribution is 2.47. The molecule has 4 rings (SSSR count). The smallest absolute Gasteiger partial charge is 0.406 e. The zero-order valence-corrected chi connectivity index (χ0v) is 17.4. The quantitative estimate of drug-likeness (QED) is 0.710. The van der Waals surface area contributed by atoms with Crippen molar-refractivity contribution in [3.8, 4) is 5.75 Å². The standard InChI is InChI=1S/C19H23F3N2O5S/c1-12-17(25)23(2)11-18(28-12)9-13-3-4-14(10-18)24(13)30(26,27)16-7-5-15(6-8-16)29-19(20,21)22/h5-8,12-14H,3-4,9-11H2,1-2H3. The van der Waals surface area contributed by atoms with E-state index in [0.29, 0.717) is 32.2 Å². The van der Waals surface area contributed by atoms with E-state index in [4.69, 9.17) is 4.74 Å². The Bertz CT molecular complexity index is 904. The molecule has 0 saturated carbocycles. The molecule has 3 fully saturated rings. The number of morpholine rings is 1. The van der Waals surface area contributed by atoms with Crippen LogP contribution in [0.3, 0.4) is 0 Å². The number of rotatable bonds is 3. The Morgan fingerprint density at radius 3 is 2.20 bits per heavy atom. The maximum absolute atomic E-state index is 13.3. The summed E-state index contributed by atoms with van der Waals surface area (Å²) >= 11 is 0. The lowest BCUT2D eigenvalue weighted by atomic mass is 9.85. The van der Waals surface area contributed by atoms with Crippen LogP contribution in [-0.4, -0.2) is 67.3 Å².